The van der Waals surface area contributed by atoms with Crippen LogP contribution in [-0.4, -0.2) is 29.8 Å². The van der Waals surface area contributed by atoms with Crippen LogP contribution in [0.2, 0.25) is 0 Å². The molecule has 114 valence electrons. The highest BCUT2D eigenvalue weighted by atomic mass is 32.2. The number of carboxylic acid groups (broad SMARTS) is 1. The summed E-state index contributed by atoms with van der Waals surface area (Å²) >= 11 is 0. The van der Waals surface area contributed by atoms with Gasteiger partial charge in [-0.15, -0.1) is 5.11 Å². The molecule has 1 aliphatic heterocycles. The smallest absolute Gasteiger partial charge is 0.335 e. The van der Waals surface area contributed by atoms with Gasteiger partial charge in [0.05, 0.1) is 22.4 Å². The van der Waals surface area contributed by atoms with Crippen molar-refractivity contribution in [2.45, 2.75) is 4.90 Å². The van der Waals surface area contributed by atoms with Crippen LogP contribution in [0.25, 0.3) is 0 Å². The largest absolute Gasteiger partial charge is 0.478 e. The number of hydroxylamine groups is 2. The predicted molar refractivity (Wildman–Crippen MR) is 75.4 cm³/mol. The SMILES string of the molecule is O=C(O)c1ccc(S(=O)(=O)N=NC=C2C=CC=CN2O)cc1. The highest BCUT2D eigenvalue weighted by Gasteiger charge is 2.13. The van der Waals surface area contributed by atoms with Crippen molar-refractivity contribution in [2.24, 2.45) is 9.63 Å². The van der Waals surface area contributed by atoms with E-state index in [-0.39, 0.29) is 16.2 Å². The van der Waals surface area contributed by atoms with E-state index in [9.17, 15) is 18.4 Å². The van der Waals surface area contributed by atoms with Crippen LogP contribution in [0.1, 0.15) is 10.4 Å². The van der Waals surface area contributed by atoms with Gasteiger partial charge in [0.25, 0.3) is 10.0 Å². The molecule has 0 amide bonds. The van der Waals surface area contributed by atoms with Crippen molar-refractivity contribution in [3.63, 3.8) is 0 Å². The van der Waals surface area contributed by atoms with Gasteiger partial charge in [-0.3, -0.25) is 5.21 Å². The minimum absolute atomic E-state index is 0.0342. The molecule has 9 heteroatoms. The molecule has 1 heterocycles. The van der Waals surface area contributed by atoms with Gasteiger partial charge in [0, 0.05) is 6.20 Å². The fourth-order valence-electron chi connectivity index (χ4n) is 1.51. The van der Waals surface area contributed by atoms with Gasteiger partial charge in [-0.2, -0.15) is 8.42 Å². The van der Waals surface area contributed by atoms with Gasteiger partial charge < -0.3 is 5.11 Å². The number of rotatable bonds is 4. The fourth-order valence-corrected chi connectivity index (χ4v) is 2.26. The summed E-state index contributed by atoms with van der Waals surface area (Å²) in [6.45, 7) is 0. The number of carbonyl (C=O) groups is 1. The zero-order valence-electron chi connectivity index (χ0n) is 11.1. The summed E-state index contributed by atoms with van der Waals surface area (Å²) in [6, 6.07) is 4.58. The summed E-state index contributed by atoms with van der Waals surface area (Å²) in [5, 5.41) is 22.3. The van der Waals surface area contributed by atoms with Gasteiger partial charge in [0.1, 0.15) is 0 Å². The quantitative estimate of drug-likeness (QED) is 0.820. The summed E-state index contributed by atoms with van der Waals surface area (Å²) in [6.07, 6.45) is 7.14. The Balaban J connectivity index is 2.19. The third-order valence-electron chi connectivity index (χ3n) is 2.61. The Morgan fingerprint density at radius 3 is 2.45 bits per heavy atom. The van der Waals surface area contributed by atoms with Gasteiger partial charge in [-0.1, -0.05) is 10.6 Å². The van der Waals surface area contributed by atoms with Crippen molar-refractivity contribution < 1.29 is 23.5 Å². The van der Waals surface area contributed by atoms with Gasteiger partial charge >= 0.3 is 5.97 Å². The highest BCUT2D eigenvalue weighted by Crippen LogP contribution is 2.15. The molecule has 0 unspecified atom stereocenters. The van der Waals surface area contributed by atoms with Gasteiger partial charge in [0.2, 0.25) is 0 Å². The average Bonchev–Trinajstić information content (AvgIpc) is 2.49. The van der Waals surface area contributed by atoms with Crippen LogP contribution in [0.5, 0.6) is 0 Å². The molecule has 1 aromatic rings. The van der Waals surface area contributed by atoms with Gasteiger partial charge in [-0.25, -0.2) is 9.86 Å². The molecule has 0 saturated heterocycles. The summed E-state index contributed by atoms with van der Waals surface area (Å²) in [5.41, 5.74) is 0.204. The standard InChI is InChI=1S/C13H11N3O5S/c17-13(18)10-4-6-12(7-5-10)22(20,21)15-14-9-11-3-1-2-8-16(11)19/h1-9,19H,(H,17,18). The lowest BCUT2D eigenvalue weighted by molar-refractivity contribution is -0.000515. The van der Waals surface area contributed by atoms with Crippen LogP contribution in [0.15, 0.2) is 75.1 Å². The van der Waals surface area contributed by atoms with E-state index < -0.39 is 16.0 Å². The molecule has 2 N–H and O–H groups in total. The van der Waals surface area contributed by atoms with Gasteiger partial charge in [-0.05, 0) is 36.4 Å². The van der Waals surface area contributed by atoms with Crippen molar-refractivity contribution in [1.82, 2.24) is 5.06 Å². The maximum Gasteiger partial charge on any atom is 0.335 e. The Kier molecular flexibility index (Phi) is 4.49. The first-order valence-electron chi connectivity index (χ1n) is 5.94. The monoisotopic (exact) mass is 321 g/mol. The topological polar surface area (TPSA) is 120 Å². The second kappa shape index (κ2) is 6.33. The molecule has 0 saturated carbocycles. The molecule has 0 aliphatic carbocycles. The molecule has 0 atom stereocenters. The van der Waals surface area contributed by atoms with E-state index in [1.807, 2.05) is 0 Å². The fraction of sp³-hybridized carbons (Fsp3) is 0. The first kappa shape index (κ1) is 15.6. The Bertz CT molecular complexity index is 791. The van der Waals surface area contributed by atoms with Crippen LogP contribution < -0.4 is 0 Å². The minimum Gasteiger partial charge on any atom is -0.478 e. The van der Waals surface area contributed by atoms with E-state index in [1.165, 1.54) is 12.3 Å². The first-order chi connectivity index (χ1) is 10.4. The number of benzene rings is 1. The summed E-state index contributed by atoms with van der Waals surface area (Å²) in [5.74, 6) is -1.16. The lowest BCUT2D eigenvalue weighted by atomic mass is 10.2. The van der Waals surface area contributed by atoms with Crippen molar-refractivity contribution in [3.8, 4) is 0 Å². The van der Waals surface area contributed by atoms with Crippen molar-refractivity contribution in [3.05, 3.63) is 66.2 Å². The van der Waals surface area contributed by atoms with E-state index in [0.717, 1.165) is 35.5 Å². The molecule has 8 nitrogen and oxygen atoms in total. The van der Waals surface area contributed by atoms with Crippen molar-refractivity contribution in [1.29, 1.82) is 0 Å². The van der Waals surface area contributed by atoms with E-state index in [1.54, 1.807) is 12.2 Å². The molecular weight excluding hydrogens is 310 g/mol. The zero-order valence-corrected chi connectivity index (χ0v) is 11.9. The number of allylic oxidation sites excluding steroid dienone is 3. The number of sulfonamides is 1. The molecule has 1 aromatic carbocycles. The van der Waals surface area contributed by atoms with Gasteiger partial charge in [0.15, 0.2) is 0 Å². The van der Waals surface area contributed by atoms with Crippen LogP contribution in [0, 0.1) is 0 Å². The number of nitrogens with zero attached hydrogens (tertiary/aromatic N) is 3. The Morgan fingerprint density at radius 1 is 1.18 bits per heavy atom. The number of carboxylic acids is 1. The summed E-state index contributed by atoms with van der Waals surface area (Å²) in [7, 11) is -4.04. The maximum absolute atomic E-state index is 11.9. The first-order valence-corrected chi connectivity index (χ1v) is 7.38. The second-order valence-corrected chi connectivity index (χ2v) is 5.69. The maximum atomic E-state index is 11.9. The third-order valence-corrected chi connectivity index (χ3v) is 3.79. The van der Waals surface area contributed by atoms with Crippen LogP contribution in [0.3, 0.4) is 0 Å². The average molecular weight is 321 g/mol. The molecule has 0 bridgehead atoms. The van der Waals surface area contributed by atoms with E-state index in [2.05, 4.69) is 9.63 Å². The molecular formula is C13H11N3O5S. The van der Waals surface area contributed by atoms with Crippen LogP contribution in [0.4, 0.5) is 0 Å². The number of hydrogen-bond acceptors (Lipinski definition) is 6. The van der Waals surface area contributed by atoms with E-state index >= 15 is 0 Å². The second-order valence-electron chi connectivity index (χ2n) is 4.10. The molecule has 0 spiro atoms. The Labute approximate surface area is 126 Å². The molecule has 22 heavy (non-hydrogen) atoms. The molecule has 2 rings (SSSR count). The Hall–Kier alpha value is -2.78. The summed E-state index contributed by atoms with van der Waals surface area (Å²) < 4.78 is 27.0. The predicted octanol–water partition coefficient (Wildman–Crippen LogP) is 2.14. The third kappa shape index (κ3) is 3.65. The number of aromatic carboxylic acids is 1. The summed E-state index contributed by atoms with van der Waals surface area (Å²) in [4.78, 5) is 10.5. The van der Waals surface area contributed by atoms with Crippen LogP contribution in [-0.2, 0) is 10.0 Å². The Morgan fingerprint density at radius 2 is 1.86 bits per heavy atom. The zero-order chi connectivity index (χ0) is 16.2. The van der Waals surface area contributed by atoms with Crippen LogP contribution >= 0.6 is 0 Å². The lowest BCUT2D eigenvalue weighted by Crippen LogP contribution is -2.10. The minimum atomic E-state index is -4.04. The lowest BCUT2D eigenvalue weighted by Gasteiger charge is -2.13. The normalized spacial score (nSPS) is 16.6. The molecule has 0 aromatic heterocycles. The molecule has 1 aliphatic rings. The van der Waals surface area contributed by atoms with Crippen molar-refractivity contribution >= 4 is 16.0 Å². The van der Waals surface area contributed by atoms with E-state index in [0.29, 0.717) is 0 Å². The van der Waals surface area contributed by atoms with Crippen molar-refractivity contribution in [2.75, 3.05) is 0 Å². The van der Waals surface area contributed by atoms with E-state index in [4.69, 9.17) is 5.11 Å². The molecule has 0 fully saturated rings. The molecule has 0 radical (unpaired) electrons. The highest BCUT2D eigenvalue weighted by molar-refractivity contribution is 7.90. The number of hydrogen-bond donors (Lipinski definition) is 2.